The molecule has 0 saturated carbocycles. The predicted octanol–water partition coefficient (Wildman–Crippen LogP) is 0.666. The summed E-state index contributed by atoms with van der Waals surface area (Å²) < 4.78 is 31.8. The Morgan fingerprint density at radius 1 is 1.23 bits per heavy atom. The first kappa shape index (κ1) is 16.7. The van der Waals surface area contributed by atoms with Gasteiger partial charge < -0.3 is 14.7 Å². The van der Waals surface area contributed by atoms with Crippen molar-refractivity contribution in [3.8, 4) is 0 Å². The van der Waals surface area contributed by atoms with Crippen LogP contribution in [-0.4, -0.2) is 52.3 Å². The number of hydrogen-bond acceptors (Lipinski definition) is 5. The van der Waals surface area contributed by atoms with E-state index in [2.05, 4.69) is 9.62 Å². The number of morpholine rings is 1. The van der Waals surface area contributed by atoms with Crippen LogP contribution >= 0.6 is 0 Å². The maximum absolute atomic E-state index is 12.1. The molecular weight excluding hydrogens is 308 g/mol. The molecule has 0 spiro atoms. The number of ether oxygens (including phenoxy) is 1. The Kier molecular flexibility index (Phi) is 5.76. The van der Waals surface area contributed by atoms with E-state index in [-0.39, 0.29) is 24.3 Å². The number of rotatable bonds is 7. The van der Waals surface area contributed by atoms with Crippen LogP contribution in [0.1, 0.15) is 12.8 Å². The number of anilines is 1. The van der Waals surface area contributed by atoms with E-state index in [1.54, 1.807) is 24.3 Å². The van der Waals surface area contributed by atoms with Crippen LogP contribution in [0.2, 0.25) is 0 Å². The zero-order valence-electron chi connectivity index (χ0n) is 12.2. The Labute approximate surface area is 129 Å². The molecule has 0 radical (unpaired) electrons. The van der Waals surface area contributed by atoms with Gasteiger partial charge in [-0.3, -0.25) is 4.79 Å². The highest BCUT2D eigenvalue weighted by molar-refractivity contribution is 7.89. The molecular formula is C14H20N2O5S. The first-order valence-corrected chi connectivity index (χ1v) is 8.61. The number of sulfonamides is 1. The van der Waals surface area contributed by atoms with Gasteiger partial charge in [0.05, 0.1) is 18.1 Å². The summed E-state index contributed by atoms with van der Waals surface area (Å²) in [6.45, 7) is 3.04. The van der Waals surface area contributed by atoms with Crippen molar-refractivity contribution in [1.29, 1.82) is 0 Å². The molecule has 0 aromatic heterocycles. The highest BCUT2D eigenvalue weighted by Gasteiger charge is 2.15. The molecule has 2 N–H and O–H groups in total. The molecule has 2 rings (SSSR count). The van der Waals surface area contributed by atoms with Crippen LogP contribution in [0, 0.1) is 0 Å². The minimum atomic E-state index is -3.59. The van der Waals surface area contributed by atoms with Crippen LogP contribution in [0.3, 0.4) is 0 Å². The number of carboxylic acid groups (broad SMARTS) is 1. The van der Waals surface area contributed by atoms with Gasteiger partial charge in [-0.15, -0.1) is 0 Å². The molecule has 1 aliphatic rings. The molecule has 0 bridgehead atoms. The Bertz CT molecular complexity index is 594. The molecule has 0 atom stereocenters. The van der Waals surface area contributed by atoms with E-state index >= 15 is 0 Å². The minimum Gasteiger partial charge on any atom is -0.481 e. The van der Waals surface area contributed by atoms with Gasteiger partial charge in [0.1, 0.15) is 0 Å². The SMILES string of the molecule is O=C(O)CCCNS(=O)(=O)c1ccc(N2CCOCC2)cc1. The van der Waals surface area contributed by atoms with Gasteiger partial charge in [-0.2, -0.15) is 0 Å². The normalized spacial score (nSPS) is 15.7. The summed E-state index contributed by atoms with van der Waals surface area (Å²) in [6, 6.07) is 6.67. The number of nitrogens with one attached hydrogen (secondary N) is 1. The summed E-state index contributed by atoms with van der Waals surface area (Å²) >= 11 is 0. The fraction of sp³-hybridized carbons (Fsp3) is 0.500. The second-order valence-corrected chi connectivity index (χ2v) is 6.76. The van der Waals surface area contributed by atoms with Crippen LogP contribution < -0.4 is 9.62 Å². The summed E-state index contributed by atoms with van der Waals surface area (Å²) in [6.07, 6.45) is 0.207. The summed E-state index contributed by atoms with van der Waals surface area (Å²) in [5, 5.41) is 8.52. The maximum Gasteiger partial charge on any atom is 0.303 e. The molecule has 1 heterocycles. The third-order valence-corrected chi connectivity index (χ3v) is 4.86. The van der Waals surface area contributed by atoms with E-state index in [0.29, 0.717) is 13.2 Å². The smallest absolute Gasteiger partial charge is 0.303 e. The Hall–Kier alpha value is -1.64. The highest BCUT2D eigenvalue weighted by Crippen LogP contribution is 2.19. The molecule has 0 aliphatic carbocycles. The molecule has 1 fully saturated rings. The molecule has 22 heavy (non-hydrogen) atoms. The second-order valence-electron chi connectivity index (χ2n) is 4.99. The molecule has 0 amide bonds. The van der Waals surface area contributed by atoms with Crippen molar-refractivity contribution in [2.75, 3.05) is 37.7 Å². The topological polar surface area (TPSA) is 95.9 Å². The van der Waals surface area contributed by atoms with Crippen molar-refractivity contribution in [3.05, 3.63) is 24.3 Å². The Morgan fingerprint density at radius 2 is 1.86 bits per heavy atom. The molecule has 1 aromatic rings. The van der Waals surface area contributed by atoms with Gasteiger partial charge in [0.2, 0.25) is 10.0 Å². The van der Waals surface area contributed by atoms with Gasteiger partial charge in [0.15, 0.2) is 0 Å². The summed E-state index contributed by atoms with van der Waals surface area (Å²) in [4.78, 5) is 12.7. The van der Waals surface area contributed by atoms with Gasteiger partial charge in [0.25, 0.3) is 0 Å². The lowest BCUT2D eigenvalue weighted by molar-refractivity contribution is -0.137. The van der Waals surface area contributed by atoms with Gasteiger partial charge in [-0.05, 0) is 30.7 Å². The minimum absolute atomic E-state index is 0.0571. The largest absolute Gasteiger partial charge is 0.481 e. The standard InChI is InChI=1S/C14H20N2O5S/c17-14(18)2-1-7-15-22(19,20)13-5-3-12(4-6-13)16-8-10-21-11-9-16/h3-6,15H,1-2,7-11H2,(H,17,18). The quantitative estimate of drug-likeness (QED) is 0.714. The van der Waals surface area contributed by atoms with E-state index in [0.717, 1.165) is 18.8 Å². The van der Waals surface area contributed by atoms with Crippen molar-refractivity contribution in [1.82, 2.24) is 4.72 Å². The molecule has 1 aromatic carbocycles. The highest BCUT2D eigenvalue weighted by atomic mass is 32.2. The third kappa shape index (κ3) is 4.69. The van der Waals surface area contributed by atoms with Gasteiger partial charge in [0, 0.05) is 31.7 Å². The average Bonchev–Trinajstić information content (AvgIpc) is 2.52. The number of carboxylic acids is 1. The van der Waals surface area contributed by atoms with Crippen molar-refractivity contribution >= 4 is 21.7 Å². The van der Waals surface area contributed by atoms with Crippen LogP contribution in [0.5, 0.6) is 0 Å². The second kappa shape index (κ2) is 7.57. The van der Waals surface area contributed by atoms with Crippen molar-refractivity contribution in [2.45, 2.75) is 17.7 Å². The lowest BCUT2D eigenvalue weighted by Gasteiger charge is -2.28. The lowest BCUT2D eigenvalue weighted by Crippen LogP contribution is -2.36. The fourth-order valence-electron chi connectivity index (χ4n) is 2.19. The summed E-state index contributed by atoms with van der Waals surface area (Å²) in [5.41, 5.74) is 0.966. The molecule has 8 heteroatoms. The number of aliphatic carboxylic acids is 1. The van der Waals surface area contributed by atoms with Gasteiger partial charge in [-0.25, -0.2) is 13.1 Å². The van der Waals surface area contributed by atoms with Crippen LogP contribution in [-0.2, 0) is 19.6 Å². The number of hydrogen-bond donors (Lipinski definition) is 2. The van der Waals surface area contributed by atoms with Crippen molar-refractivity contribution in [2.24, 2.45) is 0 Å². The van der Waals surface area contributed by atoms with E-state index in [1.807, 2.05) is 0 Å². The fourth-order valence-corrected chi connectivity index (χ4v) is 3.26. The number of nitrogens with zero attached hydrogens (tertiary/aromatic N) is 1. The van der Waals surface area contributed by atoms with E-state index in [9.17, 15) is 13.2 Å². The van der Waals surface area contributed by atoms with Crippen molar-refractivity contribution in [3.63, 3.8) is 0 Å². The first-order chi connectivity index (χ1) is 10.5. The Morgan fingerprint density at radius 3 is 2.45 bits per heavy atom. The number of benzene rings is 1. The zero-order valence-corrected chi connectivity index (χ0v) is 13.0. The maximum atomic E-state index is 12.1. The molecule has 1 aliphatic heterocycles. The van der Waals surface area contributed by atoms with Crippen LogP contribution in [0.4, 0.5) is 5.69 Å². The predicted molar refractivity (Wildman–Crippen MR) is 81.5 cm³/mol. The van der Waals surface area contributed by atoms with E-state index < -0.39 is 16.0 Å². The monoisotopic (exact) mass is 328 g/mol. The summed E-state index contributed by atoms with van der Waals surface area (Å²) in [7, 11) is -3.59. The lowest BCUT2D eigenvalue weighted by atomic mass is 10.2. The van der Waals surface area contributed by atoms with Crippen LogP contribution in [0.15, 0.2) is 29.2 Å². The summed E-state index contributed by atoms with van der Waals surface area (Å²) in [5.74, 6) is -0.936. The molecule has 7 nitrogen and oxygen atoms in total. The van der Waals surface area contributed by atoms with Crippen LogP contribution in [0.25, 0.3) is 0 Å². The molecule has 122 valence electrons. The average molecular weight is 328 g/mol. The van der Waals surface area contributed by atoms with Crippen molar-refractivity contribution < 1.29 is 23.1 Å². The molecule has 0 unspecified atom stereocenters. The number of carbonyl (C=O) groups is 1. The van der Waals surface area contributed by atoms with Gasteiger partial charge >= 0.3 is 5.97 Å². The first-order valence-electron chi connectivity index (χ1n) is 7.13. The molecule has 1 saturated heterocycles. The van der Waals surface area contributed by atoms with E-state index in [4.69, 9.17) is 9.84 Å². The Balaban J connectivity index is 1.94. The zero-order chi connectivity index (χ0) is 16.0. The third-order valence-electron chi connectivity index (χ3n) is 3.38. The van der Waals surface area contributed by atoms with E-state index in [1.165, 1.54) is 0 Å². The van der Waals surface area contributed by atoms with Gasteiger partial charge in [-0.1, -0.05) is 0 Å².